The summed E-state index contributed by atoms with van der Waals surface area (Å²) < 4.78 is 70.4. The van der Waals surface area contributed by atoms with Gasteiger partial charge in [-0.15, -0.1) is 0 Å². The average molecular weight is 633 g/mol. The summed E-state index contributed by atoms with van der Waals surface area (Å²) in [7, 11) is -9.05. The fraction of sp³-hybridized carbons (Fsp3) is 0.929. The topological polar surface area (TPSA) is 171 Å². The molecule has 0 rings (SSSR count). The Bertz CT molecular complexity index is 828. The van der Waals surface area contributed by atoms with Gasteiger partial charge in [-0.05, 0) is 12.8 Å². The van der Waals surface area contributed by atoms with Gasteiger partial charge < -0.3 is 8.92 Å². The monoisotopic (exact) mass is 632 g/mol. The summed E-state index contributed by atoms with van der Waals surface area (Å²) in [5, 5.41) is 0. The maximum atomic E-state index is 11.3. The maximum absolute atomic E-state index is 11.3. The molecule has 0 atom stereocenters. The molecule has 0 unspecified atom stereocenters. The summed E-state index contributed by atoms with van der Waals surface area (Å²) in [6.45, 7) is 4.81. The lowest BCUT2D eigenvalue weighted by atomic mass is 10.1. The number of esters is 1. The van der Waals surface area contributed by atoms with Crippen molar-refractivity contribution in [2.45, 2.75) is 155 Å². The second-order valence-electron chi connectivity index (χ2n) is 10.2. The molecule has 0 spiro atoms. The molecule has 0 bridgehead atoms. The van der Waals surface area contributed by atoms with Gasteiger partial charge in [-0.2, -0.15) is 16.8 Å². The Kier molecular flexibility index (Phi) is 29.4. The molecule has 0 aromatic carbocycles. The summed E-state index contributed by atoms with van der Waals surface area (Å²) in [5.74, 6) is -1.77. The lowest BCUT2D eigenvalue weighted by molar-refractivity contribution is -0.147. The SMILES string of the molecule is CCCCCCCCCCCCOC(=O)CCC(=O)OS(=O)(=O)O.CCCCCCCCCCCCOS(=O)(=O)O. The van der Waals surface area contributed by atoms with Crippen LogP contribution in [-0.4, -0.2) is 51.1 Å². The minimum absolute atomic E-state index is 0.0926. The molecule has 41 heavy (non-hydrogen) atoms. The average Bonchev–Trinajstić information content (AvgIpc) is 2.88. The largest absolute Gasteiger partial charge is 0.466 e. The van der Waals surface area contributed by atoms with E-state index in [1.165, 1.54) is 89.9 Å². The molecule has 13 heteroatoms. The van der Waals surface area contributed by atoms with Crippen LogP contribution in [0.5, 0.6) is 0 Å². The van der Waals surface area contributed by atoms with E-state index in [1.54, 1.807) is 0 Å². The number of hydrogen-bond donors (Lipinski definition) is 2. The minimum Gasteiger partial charge on any atom is -0.466 e. The normalized spacial score (nSPS) is 11.5. The number of ether oxygens (including phenoxy) is 1. The minimum atomic E-state index is -4.81. The number of carbonyl (C=O) groups is 2. The number of carbonyl (C=O) groups excluding carboxylic acids is 2. The van der Waals surface area contributed by atoms with Crippen molar-refractivity contribution in [3.05, 3.63) is 0 Å². The third-order valence-corrected chi connectivity index (χ3v) is 7.08. The zero-order chi connectivity index (χ0) is 31.2. The molecule has 0 radical (unpaired) electrons. The van der Waals surface area contributed by atoms with Crippen LogP contribution < -0.4 is 0 Å². The Morgan fingerprint density at radius 3 is 1.20 bits per heavy atom. The molecule has 0 heterocycles. The lowest BCUT2D eigenvalue weighted by Gasteiger charge is -2.05. The zero-order valence-electron chi connectivity index (χ0n) is 25.4. The highest BCUT2D eigenvalue weighted by molar-refractivity contribution is 7.81. The van der Waals surface area contributed by atoms with E-state index in [9.17, 15) is 26.4 Å². The highest BCUT2D eigenvalue weighted by Crippen LogP contribution is 2.12. The summed E-state index contributed by atoms with van der Waals surface area (Å²) >= 11 is 0. The van der Waals surface area contributed by atoms with Crippen LogP contribution in [0.15, 0.2) is 0 Å². The van der Waals surface area contributed by atoms with Crippen molar-refractivity contribution in [2.75, 3.05) is 13.2 Å². The fourth-order valence-corrected chi connectivity index (χ4v) is 4.61. The molecule has 0 amide bonds. The van der Waals surface area contributed by atoms with Gasteiger partial charge in [0.1, 0.15) is 0 Å². The Morgan fingerprint density at radius 2 is 0.829 bits per heavy atom. The van der Waals surface area contributed by atoms with Gasteiger partial charge >= 0.3 is 32.7 Å². The van der Waals surface area contributed by atoms with E-state index in [0.29, 0.717) is 13.0 Å². The van der Waals surface area contributed by atoms with Crippen molar-refractivity contribution in [2.24, 2.45) is 0 Å². The molecular formula is C28H56O11S2. The smallest absolute Gasteiger partial charge is 0.448 e. The Balaban J connectivity index is 0. The maximum Gasteiger partial charge on any atom is 0.448 e. The van der Waals surface area contributed by atoms with Gasteiger partial charge in [0.05, 0.1) is 26.1 Å². The first-order valence-corrected chi connectivity index (χ1v) is 18.1. The molecule has 0 aliphatic rings. The fourth-order valence-electron chi connectivity index (χ4n) is 3.96. The van der Waals surface area contributed by atoms with Crippen LogP contribution >= 0.6 is 0 Å². The Labute approximate surface area is 249 Å². The van der Waals surface area contributed by atoms with Crippen molar-refractivity contribution in [1.29, 1.82) is 0 Å². The standard InChI is InChI=1S/C16H30O7S.C12H26O4S/c1-2-3-4-5-6-7-8-9-10-11-14-22-15(17)12-13-16(18)23-24(19,20)21;1-2-3-4-5-6-7-8-9-10-11-12-16-17(13,14)15/h2-14H2,1H3,(H,19,20,21);2-12H2,1H3,(H,13,14,15). The molecule has 2 N–H and O–H groups in total. The van der Waals surface area contributed by atoms with E-state index in [2.05, 4.69) is 22.2 Å². The molecule has 0 saturated heterocycles. The van der Waals surface area contributed by atoms with Crippen LogP contribution in [0.25, 0.3) is 0 Å². The van der Waals surface area contributed by atoms with Crippen molar-refractivity contribution < 1.29 is 48.6 Å². The summed E-state index contributed by atoms with van der Waals surface area (Å²) in [6, 6.07) is 0. The summed E-state index contributed by atoms with van der Waals surface area (Å²) in [6.07, 6.45) is 23.0. The number of hydrogen-bond acceptors (Lipinski definition) is 9. The molecule has 0 fully saturated rings. The van der Waals surface area contributed by atoms with Crippen LogP contribution in [0, 0.1) is 0 Å². The molecule has 0 aliphatic heterocycles. The van der Waals surface area contributed by atoms with Gasteiger partial charge in [-0.25, -0.2) is 4.18 Å². The molecule has 0 aromatic heterocycles. The van der Waals surface area contributed by atoms with Gasteiger partial charge in [-0.3, -0.25) is 18.7 Å². The van der Waals surface area contributed by atoms with E-state index < -0.39 is 39.2 Å². The first-order valence-electron chi connectivity index (χ1n) is 15.4. The van der Waals surface area contributed by atoms with E-state index in [-0.39, 0.29) is 13.0 Å². The molecule has 246 valence electrons. The molecule has 0 aromatic rings. The van der Waals surface area contributed by atoms with Gasteiger partial charge in [0.15, 0.2) is 0 Å². The van der Waals surface area contributed by atoms with Gasteiger partial charge in [0.25, 0.3) is 0 Å². The highest BCUT2D eigenvalue weighted by atomic mass is 32.3. The van der Waals surface area contributed by atoms with E-state index in [4.69, 9.17) is 13.8 Å². The molecule has 0 aliphatic carbocycles. The van der Waals surface area contributed by atoms with Crippen LogP contribution in [0.3, 0.4) is 0 Å². The second kappa shape index (κ2) is 28.8. The van der Waals surface area contributed by atoms with Gasteiger partial charge in [-0.1, -0.05) is 129 Å². The Hall–Kier alpha value is -1.28. The number of rotatable bonds is 27. The van der Waals surface area contributed by atoms with Crippen LogP contribution in [0.1, 0.15) is 155 Å². The highest BCUT2D eigenvalue weighted by Gasteiger charge is 2.15. The molecule has 0 saturated carbocycles. The van der Waals surface area contributed by atoms with Crippen molar-refractivity contribution in [1.82, 2.24) is 0 Å². The van der Waals surface area contributed by atoms with Crippen LogP contribution in [0.2, 0.25) is 0 Å². The van der Waals surface area contributed by atoms with Crippen LogP contribution in [-0.2, 0) is 43.5 Å². The molecular weight excluding hydrogens is 576 g/mol. The zero-order valence-corrected chi connectivity index (χ0v) is 27.0. The third kappa shape index (κ3) is 40.9. The van der Waals surface area contributed by atoms with E-state index >= 15 is 0 Å². The number of unbranched alkanes of at least 4 members (excludes halogenated alkanes) is 18. The first kappa shape index (κ1) is 41.9. The second-order valence-corrected chi connectivity index (χ2v) is 12.3. The van der Waals surface area contributed by atoms with Crippen molar-refractivity contribution in [3.8, 4) is 0 Å². The first-order chi connectivity index (χ1) is 19.4. The van der Waals surface area contributed by atoms with Gasteiger partial charge in [0, 0.05) is 0 Å². The van der Waals surface area contributed by atoms with Gasteiger partial charge in [0.2, 0.25) is 0 Å². The predicted octanol–water partition coefficient (Wildman–Crippen LogP) is 7.30. The van der Waals surface area contributed by atoms with E-state index in [1.807, 2.05) is 0 Å². The van der Waals surface area contributed by atoms with Crippen molar-refractivity contribution >= 4 is 32.7 Å². The lowest BCUT2D eigenvalue weighted by Crippen LogP contribution is -2.14. The predicted molar refractivity (Wildman–Crippen MR) is 159 cm³/mol. The third-order valence-electron chi connectivity index (χ3n) is 6.22. The molecule has 11 nitrogen and oxygen atoms in total. The quantitative estimate of drug-likeness (QED) is 0.0529. The van der Waals surface area contributed by atoms with Crippen molar-refractivity contribution in [3.63, 3.8) is 0 Å². The van der Waals surface area contributed by atoms with Crippen LogP contribution in [0.4, 0.5) is 0 Å². The summed E-state index contributed by atoms with van der Waals surface area (Å²) in [4.78, 5) is 22.3. The summed E-state index contributed by atoms with van der Waals surface area (Å²) in [5.41, 5.74) is 0. The van der Waals surface area contributed by atoms with E-state index in [0.717, 1.165) is 32.1 Å². The Morgan fingerprint density at radius 1 is 0.488 bits per heavy atom.